The van der Waals surface area contributed by atoms with E-state index >= 15 is 0 Å². The second-order valence-electron chi connectivity index (χ2n) is 11.2. The number of benzene rings is 3. The monoisotopic (exact) mass is 636 g/mol. The van der Waals surface area contributed by atoms with Gasteiger partial charge in [-0.15, -0.1) is 12.3 Å². The molecule has 0 unspecified atom stereocenters. The topological polar surface area (TPSA) is 128 Å². The van der Waals surface area contributed by atoms with Gasteiger partial charge in [0, 0.05) is 39.6 Å². The van der Waals surface area contributed by atoms with Crippen LogP contribution < -0.4 is 10.7 Å². The van der Waals surface area contributed by atoms with Gasteiger partial charge in [0.15, 0.2) is 0 Å². The molecule has 11 heteroatoms. The highest BCUT2D eigenvalue weighted by molar-refractivity contribution is 7.89. The third kappa shape index (κ3) is 10.7. The van der Waals surface area contributed by atoms with Gasteiger partial charge in [-0.05, 0) is 40.8 Å². The standard InChI is InChI=1S/C34H44N4O6S/c1-5-6-16-34(41)38(36-33(40)23-35-19-20-44-4)31(21-27-12-8-7-9-13-27)32(39)25-37(24-26(2)3)45(42,43)30-18-17-28-14-10-11-15-29(28)22-30/h1,7-15,17-18,22,26,31-32,35,39H,6,16,19-21,23-25H2,2-4H3,(H,36,40)/t31-,32+/m0/s1. The molecule has 3 rings (SSSR count). The first kappa shape index (κ1) is 35.7. The third-order valence-electron chi connectivity index (χ3n) is 7.15. The molecule has 0 saturated carbocycles. The Morgan fingerprint density at radius 3 is 2.36 bits per heavy atom. The van der Waals surface area contributed by atoms with Crippen molar-refractivity contribution < 1.29 is 27.9 Å². The molecule has 0 radical (unpaired) electrons. The maximum Gasteiger partial charge on any atom is 0.252 e. The summed E-state index contributed by atoms with van der Waals surface area (Å²) < 4.78 is 34.3. The van der Waals surface area contributed by atoms with Crippen LogP contribution in [0, 0.1) is 18.3 Å². The minimum atomic E-state index is -4.06. The van der Waals surface area contributed by atoms with E-state index < -0.39 is 34.0 Å². The van der Waals surface area contributed by atoms with Gasteiger partial charge in [-0.25, -0.2) is 13.4 Å². The summed E-state index contributed by atoms with van der Waals surface area (Å²) in [7, 11) is -2.51. The summed E-state index contributed by atoms with van der Waals surface area (Å²) in [5, 5.41) is 17.6. The van der Waals surface area contributed by atoms with Crippen LogP contribution >= 0.6 is 0 Å². The van der Waals surface area contributed by atoms with Crippen LogP contribution in [0.5, 0.6) is 0 Å². The van der Waals surface area contributed by atoms with Crippen molar-refractivity contribution in [2.75, 3.05) is 39.9 Å². The van der Waals surface area contributed by atoms with Crippen LogP contribution in [0.15, 0.2) is 77.7 Å². The minimum absolute atomic E-state index is 0.0637. The quantitative estimate of drug-likeness (QED) is 0.118. The number of ether oxygens (including phenoxy) is 1. The van der Waals surface area contributed by atoms with Gasteiger partial charge in [0.25, 0.3) is 5.91 Å². The molecule has 0 aliphatic heterocycles. The number of sulfonamides is 1. The summed E-state index contributed by atoms with van der Waals surface area (Å²) in [5.41, 5.74) is 3.44. The molecule has 2 amide bonds. The van der Waals surface area contributed by atoms with E-state index in [4.69, 9.17) is 11.2 Å². The van der Waals surface area contributed by atoms with Crippen molar-refractivity contribution in [3.63, 3.8) is 0 Å². The number of rotatable bonds is 17. The molecule has 0 bridgehead atoms. The van der Waals surface area contributed by atoms with Gasteiger partial charge in [-0.1, -0.05) is 74.5 Å². The van der Waals surface area contributed by atoms with Gasteiger partial charge in [-0.3, -0.25) is 15.0 Å². The third-order valence-corrected chi connectivity index (χ3v) is 8.97. The number of hydrazine groups is 1. The zero-order chi connectivity index (χ0) is 32.8. The van der Waals surface area contributed by atoms with Gasteiger partial charge in [0.1, 0.15) is 0 Å². The average molecular weight is 637 g/mol. The molecule has 45 heavy (non-hydrogen) atoms. The summed E-state index contributed by atoms with van der Waals surface area (Å²) in [6.45, 7) is 4.31. The first-order valence-electron chi connectivity index (χ1n) is 15.0. The molecule has 0 saturated heterocycles. The van der Waals surface area contributed by atoms with E-state index in [2.05, 4.69) is 16.7 Å². The van der Waals surface area contributed by atoms with E-state index in [-0.39, 0.29) is 49.7 Å². The molecule has 0 aliphatic rings. The van der Waals surface area contributed by atoms with Crippen LogP contribution in [0.3, 0.4) is 0 Å². The number of aliphatic hydroxyl groups excluding tert-OH is 1. The van der Waals surface area contributed by atoms with Gasteiger partial charge in [0.2, 0.25) is 15.9 Å². The molecular weight excluding hydrogens is 592 g/mol. The average Bonchev–Trinajstić information content (AvgIpc) is 3.03. The molecule has 0 spiro atoms. The number of terminal acetylenes is 1. The largest absolute Gasteiger partial charge is 0.390 e. The lowest BCUT2D eigenvalue weighted by atomic mass is 9.99. The highest BCUT2D eigenvalue weighted by atomic mass is 32.2. The number of fused-ring (bicyclic) bond motifs is 1. The van der Waals surface area contributed by atoms with Crippen LogP contribution in [-0.2, 0) is 30.8 Å². The Morgan fingerprint density at radius 2 is 1.69 bits per heavy atom. The number of hydrogen-bond donors (Lipinski definition) is 3. The minimum Gasteiger partial charge on any atom is -0.390 e. The maximum absolute atomic E-state index is 14.0. The number of amides is 2. The zero-order valence-electron chi connectivity index (χ0n) is 26.2. The molecule has 3 aromatic carbocycles. The number of carbonyl (C=O) groups is 2. The van der Waals surface area contributed by atoms with E-state index in [0.29, 0.717) is 13.2 Å². The smallest absolute Gasteiger partial charge is 0.252 e. The number of methoxy groups -OCH3 is 1. The number of aliphatic hydroxyl groups is 1. The van der Waals surface area contributed by atoms with Crippen LogP contribution in [0.25, 0.3) is 10.8 Å². The van der Waals surface area contributed by atoms with Crippen molar-refractivity contribution in [3.05, 3.63) is 78.4 Å². The molecule has 0 fully saturated rings. The molecule has 0 aromatic heterocycles. The Hall–Kier alpha value is -3.79. The van der Waals surface area contributed by atoms with Gasteiger partial charge in [0.05, 0.1) is 30.2 Å². The Kier molecular flexibility index (Phi) is 14.0. The Morgan fingerprint density at radius 1 is 1.00 bits per heavy atom. The fourth-order valence-electron chi connectivity index (χ4n) is 4.92. The van der Waals surface area contributed by atoms with Crippen LogP contribution in [0.4, 0.5) is 0 Å². The second-order valence-corrected chi connectivity index (χ2v) is 13.2. The molecule has 2 atom stereocenters. The van der Waals surface area contributed by atoms with Gasteiger partial charge in [-0.2, -0.15) is 4.31 Å². The Bertz CT molecular complexity index is 1540. The SMILES string of the molecule is C#CCCC(=O)N(NC(=O)CNCCOC)[C@@H](Cc1ccccc1)[C@H](O)CN(CC(C)C)S(=O)(=O)c1ccc2ccccc2c1. The molecule has 3 N–H and O–H groups in total. The first-order chi connectivity index (χ1) is 21.6. The number of nitrogens with zero attached hydrogens (tertiary/aromatic N) is 2. The van der Waals surface area contributed by atoms with Crippen molar-refractivity contribution in [1.82, 2.24) is 20.1 Å². The molecule has 0 aliphatic carbocycles. The zero-order valence-corrected chi connectivity index (χ0v) is 27.0. The first-order valence-corrected chi connectivity index (χ1v) is 16.5. The summed E-state index contributed by atoms with van der Waals surface area (Å²) in [4.78, 5) is 26.5. The molecule has 3 aromatic rings. The lowest BCUT2D eigenvalue weighted by Gasteiger charge is -2.37. The summed E-state index contributed by atoms with van der Waals surface area (Å²) in [5.74, 6) is 1.38. The summed E-state index contributed by atoms with van der Waals surface area (Å²) in [6, 6.07) is 20.6. The van der Waals surface area contributed by atoms with E-state index in [1.807, 2.05) is 68.4 Å². The van der Waals surface area contributed by atoms with Crippen molar-refractivity contribution in [1.29, 1.82) is 0 Å². The Balaban J connectivity index is 1.98. The van der Waals surface area contributed by atoms with E-state index in [1.54, 1.807) is 25.3 Å². The van der Waals surface area contributed by atoms with Crippen molar-refractivity contribution in [3.8, 4) is 12.3 Å². The highest BCUT2D eigenvalue weighted by Crippen LogP contribution is 2.24. The normalized spacial score (nSPS) is 13.0. The fraction of sp³-hybridized carbons (Fsp3) is 0.412. The number of nitrogens with one attached hydrogen (secondary N) is 2. The second kappa shape index (κ2) is 17.6. The van der Waals surface area contributed by atoms with Gasteiger partial charge >= 0.3 is 0 Å². The van der Waals surface area contributed by atoms with E-state index in [9.17, 15) is 23.1 Å². The number of carbonyl (C=O) groups excluding carboxylic acids is 2. The van der Waals surface area contributed by atoms with Crippen LogP contribution in [0.1, 0.15) is 32.3 Å². The predicted octanol–water partition coefficient (Wildman–Crippen LogP) is 2.97. The van der Waals surface area contributed by atoms with Crippen molar-refractivity contribution in [2.45, 2.75) is 50.2 Å². The predicted molar refractivity (Wildman–Crippen MR) is 175 cm³/mol. The fourth-order valence-corrected chi connectivity index (χ4v) is 6.58. The van der Waals surface area contributed by atoms with E-state index in [1.165, 1.54) is 4.31 Å². The highest BCUT2D eigenvalue weighted by Gasteiger charge is 2.36. The lowest BCUT2D eigenvalue weighted by molar-refractivity contribution is -0.147. The van der Waals surface area contributed by atoms with Gasteiger partial charge < -0.3 is 15.2 Å². The maximum atomic E-state index is 14.0. The lowest BCUT2D eigenvalue weighted by Crippen LogP contribution is -2.60. The molecule has 0 heterocycles. The summed E-state index contributed by atoms with van der Waals surface area (Å²) in [6.07, 6.45) is 4.25. The van der Waals surface area contributed by atoms with E-state index in [0.717, 1.165) is 21.3 Å². The van der Waals surface area contributed by atoms with Crippen LogP contribution in [-0.4, -0.2) is 86.7 Å². The molecule has 242 valence electrons. The number of hydrogen-bond acceptors (Lipinski definition) is 7. The van der Waals surface area contributed by atoms with Crippen molar-refractivity contribution >= 4 is 32.6 Å². The van der Waals surface area contributed by atoms with Crippen molar-refractivity contribution in [2.24, 2.45) is 5.92 Å². The molecular formula is C34H44N4O6S. The van der Waals surface area contributed by atoms with Crippen LogP contribution in [0.2, 0.25) is 0 Å². The Labute approximate surface area is 266 Å². The summed E-state index contributed by atoms with van der Waals surface area (Å²) >= 11 is 0. The molecule has 10 nitrogen and oxygen atoms in total.